The molecule has 160 valence electrons. The number of hydrogen-bond donors (Lipinski definition) is 1. The van der Waals surface area contributed by atoms with Crippen molar-refractivity contribution < 1.29 is 9.18 Å². The number of carbonyl (C=O) groups is 1. The standard InChI is InChI=1S/C24H25FN4O2/c1-15-12-19(17-4-7-20(25)8-5-17)6-9-21(15)29-22(26-27-24(29)31)13-16-10-11-28(14-16)23(30)18-2-3-18/h4-9,12,16,18H,2-3,10-11,13-14H2,1H3,(H,27,31)/t16-/m0/s1. The number of aromatic nitrogens is 3. The number of aromatic amines is 1. The van der Waals surface area contributed by atoms with Gasteiger partial charge in [-0.2, -0.15) is 5.10 Å². The number of aryl methyl sites for hydroxylation is 1. The normalized spacial score (nSPS) is 18.5. The average molecular weight is 420 g/mol. The van der Waals surface area contributed by atoms with E-state index in [9.17, 15) is 14.0 Å². The molecule has 1 aliphatic heterocycles. The Bertz CT molecular complexity index is 1180. The molecule has 7 heteroatoms. The molecule has 6 nitrogen and oxygen atoms in total. The molecule has 0 spiro atoms. The maximum Gasteiger partial charge on any atom is 0.347 e. The van der Waals surface area contributed by atoms with Gasteiger partial charge < -0.3 is 4.90 Å². The number of nitrogens with one attached hydrogen (secondary N) is 1. The third-order valence-electron chi connectivity index (χ3n) is 6.35. The molecule has 2 aliphatic rings. The van der Waals surface area contributed by atoms with E-state index in [4.69, 9.17) is 0 Å². The summed E-state index contributed by atoms with van der Waals surface area (Å²) < 4.78 is 14.9. The molecule has 2 fully saturated rings. The Hall–Kier alpha value is -3.22. The van der Waals surface area contributed by atoms with Crippen LogP contribution in [0.3, 0.4) is 0 Å². The smallest absolute Gasteiger partial charge is 0.342 e. The molecule has 1 saturated carbocycles. The van der Waals surface area contributed by atoms with Crippen molar-refractivity contribution in [1.82, 2.24) is 19.7 Å². The zero-order valence-electron chi connectivity index (χ0n) is 17.5. The molecule has 1 amide bonds. The van der Waals surface area contributed by atoms with Gasteiger partial charge in [0, 0.05) is 25.4 Å². The van der Waals surface area contributed by atoms with E-state index in [1.54, 1.807) is 16.7 Å². The van der Waals surface area contributed by atoms with E-state index >= 15 is 0 Å². The monoisotopic (exact) mass is 420 g/mol. The second-order valence-electron chi connectivity index (χ2n) is 8.71. The summed E-state index contributed by atoms with van der Waals surface area (Å²) in [6.07, 6.45) is 3.62. The molecule has 2 aromatic carbocycles. The van der Waals surface area contributed by atoms with E-state index in [0.717, 1.165) is 54.7 Å². The molecule has 1 N–H and O–H groups in total. The molecular formula is C24H25FN4O2. The van der Waals surface area contributed by atoms with Gasteiger partial charge in [0.1, 0.15) is 11.6 Å². The van der Waals surface area contributed by atoms with Crippen molar-refractivity contribution in [1.29, 1.82) is 0 Å². The van der Waals surface area contributed by atoms with Crippen LogP contribution < -0.4 is 5.69 Å². The lowest BCUT2D eigenvalue weighted by atomic mass is 10.0. The Labute approximate surface area is 179 Å². The number of nitrogens with zero attached hydrogens (tertiary/aromatic N) is 3. The van der Waals surface area contributed by atoms with Crippen molar-refractivity contribution in [3.63, 3.8) is 0 Å². The van der Waals surface area contributed by atoms with E-state index in [-0.39, 0.29) is 23.3 Å². The summed E-state index contributed by atoms with van der Waals surface area (Å²) in [6.45, 7) is 3.48. The molecule has 0 unspecified atom stereocenters. The van der Waals surface area contributed by atoms with Crippen molar-refractivity contribution in [2.75, 3.05) is 13.1 Å². The second kappa shape index (κ2) is 7.80. The van der Waals surface area contributed by atoms with Gasteiger partial charge in [0.25, 0.3) is 0 Å². The summed E-state index contributed by atoms with van der Waals surface area (Å²) in [5.41, 5.74) is 3.33. The van der Waals surface area contributed by atoms with Crippen LogP contribution in [0, 0.1) is 24.6 Å². The number of hydrogen-bond acceptors (Lipinski definition) is 3. The first-order valence-corrected chi connectivity index (χ1v) is 10.8. The summed E-state index contributed by atoms with van der Waals surface area (Å²) >= 11 is 0. The SMILES string of the molecule is Cc1cc(-c2ccc(F)cc2)ccc1-n1c(C[C@@H]2CCN(C(=O)C3CC3)C2)n[nH]c1=O. The predicted molar refractivity (Wildman–Crippen MR) is 115 cm³/mol. The van der Waals surface area contributed by atoms with Crippen LogP contribution in [0.25, 0.3) is 16.8 Å². The summed E-state index contributed by atoms with van der Waals surface area (Å²) in [4.78, 5) is 26.9. The van der Waals surface area contributed by atoms with Gasteiger partial charge in [0.05, 0.1) is 5.69 Å². The van der Waals surface area contributed by atoms with Crippen LogP contribution in [0.2, 0.25) is 0 Å². The predicted octanol–water partition coefficient (Wildman–Crippen LogP) is 3.48. The quantitative estimate of drug-likeness (QED) is 0.687. The zero-order valence-corrected chi connectivity index (χ0v) is 17.5. The van der Waals surface area contributed by atoms with Crippen LogP contribution in [-0.2, 0) is 11.2 Å². The molecule has 0 radical (unpaired) electrons. The van der Waals surface area contributed by atoms with E-state index in [1.165, 1.54) is 12.1 Å². The lowest BCUT2D eigenvalue weighted by Gasteiger charge is -2.16. The lowest BCUT2D eigenvalue weighted by molar-refractivity contribution is -0.131. The Morgan fingerprint density at radius 1 is 1.13 bits per heavy atom. The lowest BCUT2D eigenvalue weighted by Crippen LogP contribution is -2.30. The fraction of sp³-hybridized carbons (Fsp3) is 0.375. The van der Waals surface area contributed by atoms with Crippen LogP contribution in [-0.4, -0.2) is 38.7 Å². The molecule has 31 heavy (non-hydrogen) atoms. The number of halogens is 1. The minimum atomic E-state index is -0.268. The van der Waals surface area contributed by atoms with E-state index in [1.807, 2.05) is 30.0 Å². The van der Waals surface area contributed by atoms with Crippen LogP contribution in [0.15, 0.2) is 47.3 Å². The third kappa shape index (κ3) is 3.92. The van der Waals surface area contributed by atoms with Gasteiger partial charge in [0.15, 0.2) is 0 Å². The fourth-order valence-electron chi connectivity index (χ4n) is 4.49. The first kappa shape index (κ1) is 19.7. The van der Waals surface area contributed by atoms with Crippen molar-refractivity contribution in [2.45, 2.75) is 32.6 Å². The van der Waals surface area contributed by atoms with E-state index in [2.05, 4.69) is 10.2 Å². The highest BCUT2D eigenvalue weighted by atomic mass is 19.1. The maximum absolute atomic E-state index is 13.2. The van der Waals surface area contributed by atoms with Gasteiger partial charge in [-0.15, -0.1) is 0 Å². The highest BCUT2D eigenvalue weighted by molar-refractivity contribution is 5.81. The number of carbonyl (C=O) groups excluding carboxylic acids is 1. The highest BCUT2D eigenvalue weighted by Gasteiger charge is 2.37. The number of likely N-dealkylation sites (tertiary alicyclic amines) is 1. The molecule has 2 heterocycles. The van der Waals surface area contributed by atoms with Crippen molar-refractivity contribution >= 4 is 5.91 Å². The molecule has 1 aliphatic carbocycles. The first-order chi connectivity index (χ1) is 15.0. The molecule has 5 rings (SSSR count). The minimum Gasteiger partial charge on any atom is -0.342 e. The van der Waals surface area contributed by atoms with Gasteiger partial charge in [-0.05, 0) is 73.1 Å². The minimum absolute atomic E-state index is 0.240. The first-order valence-electron chi connectivity index (χ1n) is 10.8. The Kier molecular flexibility index (Phi) is 4.96. The number of benzene rings is 2. The summed E-state index contributed by atoms with van der Waals surface area (Å²) in [7, 11) is 0. The molecular weight excluding hydrogens is 395 g/mol. The number of amides is 1. The summed E-state index contributed by atoms with van der Waals surface area (Å²) in [5, 5.41) is 6.87. The summed E-state index contributed by atoms with van der Waals surface area (Å²) in [5.74, 6) is 1.25. The van der Waals surface area contributed by atoms with Gasteiger partial charge in [-0.1, -0.05) is 18.2 Å². The number of H-pyrrole nitrogens is 1. The molecule has 0 bridgehead atoms. The molecule has 1 saturated heterocycles. The molecule has 1 atom stereocenters. The fourth-order valence-corrected chi connectivity index (χ4v) is 4.49. The van der Waals surface area contributed by atoms with Gasteiger partial charge >= 0.3 is 5.69 Å². The van der Waals surface area contributed by atoms with Crippen LogP contribution in [0.4, 0.5) is 4.39 Å². The second-order valence-corrected chi connectivity index (χ2v) is 8.71. The third-order valence-corrected chi connectivity index (χ3v) is 6.35. The van der Waals surface area contributed by atoms with Gasteiger partial charge in [0.2, 0.25) is 5.91 Å². The maximum atomic E-state index is 13.2. The topological polar surface area (TPSA) is 71.0 Å². The average Bonchev–Trinajstić information content (AvgIpc) is 3.41. The highest BCUT2D eigenvalue weighted by Crippen LogP contribution is 2.33. The largest absolute Gasteiger partial charge is 0.347 e. The Morgan fingerprint density at radius 3 is 2.58 bits per heavy atom. The van der Waals surface area contributed by atoms with Crippen LogP contribution in [0.5, 0.6) is 0 Å². The van der Waals surface area contributed by atoms with Crippen molar-refractivity contribution in [3.05, 3.63) is 70.2 Å². The molecule has 1 aromatic heterocycles. The Morgan fingerprint density at radius 2 is 1.87 bits per heavy atom. The zero-order chi connectivity index (χ0) is 21.5. The van der Waals surface area contributed by atoms with Crippen LogP contribution >= 0.6 is 0 Å². The van der Waals surface area contributed by atoms with Crippen LogP contribution in [0.1, 0.15) is 30.7 Å². The van der Waals surface area contributed by atoms with Gasteiger partial charge in [-0.25, -0.2) is 18.9 Å². The summed E-state index contributed by atoms with van der Waals surface area (Å²) in [6, 6.07) is 12.2. The van der Waals surface area contributed by atoms with Gasteiger partial charge in [-0.3, -0.25) is 4.79 Å². The number of rotatable bonds is 5. The van der Waals surface area contributed by atoms with E-state index < -0.39 is 0 Å². The van der Waals surface area contributed by atoms with Crippen molar-refractivity contribution in [2.24, 2.45) is 11.8 Å². The van der Waals surface area contributed by atoms with Crippen molar-refractivity contribution in [3.8, 4) is 16.8 Å². The van der Waals surface area contributed by atoms with E-state index in [0.29, 0.717) is 18.2 Å². The Balaban J connectivity index is 1.37. The molecule has 3 aromatic rings.